The van der Waals surface area contributed by atoms with Gasteiger partial charge in [0.15, 0.2) is 5.78 Å². The molecule has 400 valence electrons. The minimum Gasteiger partial charge on any atom is -0.461 e. The minimum absolute atomic E-state index is 0.0436. The molecule has 0 spiro atoms. The molecule has 3 aromatic heterocycles. The second kappa shape index (κ2) is 24.8. The first kappa shape index (κ1) is 57.6. The van der Waals surface area contributed by atoms with E-state index in [1.807, 2.05) is 114 Å². The Morgan fingerprint density at radius 3 is 1.89 bits per heavy atom. The highest BCUT2D eigenvalue weighted by molar-refractivity contribution is 5.89. The van der Waals surface area contributed by atoms with E-state index in [-0.39, 0.29) is 83.4 Å². The second-order valence-electron chi connectivity index (χ2n) is 24.6. The van der Waals surface area contributed by atoms with Gasteiger partial charge in [0, 0.05) is 78.2 Å². The van der Waals surface area contributed by atoms with Crippen LogP contribution in [-0.2, 0) is 47.2 Å². The zero-order valence-electron chi connectivity index (χ0n) is 46.3. The Kier molecular flexibility index (Phi) is 19.3. The molecule has 2 aromatic carbocycles. The topological polar surface area (TPSA) is 156 Å². The van der Waals surface area contributed by atoms with Crippen molar-refractivity contribution < 1.29 is 33.1 Å². The van der Waals surface area contributed by atoms with Gasteiger partial charge in [0.1, 0.15) is 23.6 Å². The van der Waals surface area contributed by atoms with Crippen LogP contribution in [0.2, 0.25) is 0 Å². The highest BCUT2D eigenvalue weighted by atomic mass is 16.6. The van der Waals surface area contributed by atoms with Gasteiger partial charge in [0.05, 0.1) is 47.0 Å². The van der Waals surface area contributed by atoms with Gasteiger partial charge in [-0.25, -0.2) is 9.97 Å². The molecule has 4 heterocycles. The van der Waals surface area contributed by atoms with Crippen molar-refractivity contribution in [3.05, 3.63) is 106 Å². The molecule has 1 aliphatic rings. The third-order valence-electron chi connectivity index (χ3n) is 13.0. The Morgan fingerprint density at radius 2 is 1.26 bits per heavy atom. The third-order valence-corrected chi connectivity index (χ3v) is 13.0. The zero-order valence-corrected chi connectivity index (χ0v) is 46.3. The lowest BCUT2D eigenvalue weighted by Gasteiger charge is -2.37. The van der Waals surface area contributed by atoms with Crippen LogP contribution in [0, 0.1) is 10.8 Å². The Balaban J connectivity index is 1.28. The van der Waals surface area contributed by atoms with Crippen LogP contribution < -0.4 is 5.43 Å². The maximum atomic E-state index is 14.5. The minimum atomic E-state index is -0.680. The molecular formula is C60H82N6O8. The summed E-state index contributed by atoms with van der Waals surface area (Å²) in [6, 6.07) is 24.1. The van der Waals surface area contributed by atoms with Crippen molar-refractivity contribution in [2.45, 2.75) is 139 Å². The van der Waals surface area contributed by atoms with E-state index in [1.165, 1.54) is 0 Å². The summed E-state index contributed by atoms with van der Waals surface area (Å²) in [4.78, 5) is 87.5. The predicted octanol–water partition coefficient (Wildman–Crippen LogP) is 9.67. The van der Waals surface area contributed by atoms with E-state index in [0.29, 0.717) is 99.5 Å². The van der Waals surface area contributed by atoms with Crippen molar-refractivity contribution >= 4 is 45.6 Å². The molecule has 1 aliphatic heterocycles. The van der Waals surface area contributed by atoms with E-state index in [9.17, 15) is 24.0 Å². The van der Waals surface area contributed by atoms with Gasteiger partial charge in [-0.1, -0.05) is 105 Å². The van der Waals surface area contributed by atoms with Gasteiger partial charge in [-0.15, -0.1) is 0 Å². The number of nitrogens with zero attached hydrogens (tertiary/aromatic N) is 6. The summed E-state index contributed by atoms with van der Waals surface area (Å²) in [6.07, 6.45) is 1.07. The lowest BCUT2D eigenvalue weighted by molar-refractivity contribution is -0.156. The molecule has 74 heavy (non-hydrogen) atoms. The van der Waals surface area contributed by atoms with Crippen LogP contribution in [0.5, 0.6) is 0 Å². The van der Waals surface area contributed by atoms with Crippen LogP contribution in [0.1, 0.15) is 126 Å². The van der Waals surface area contributed by atoms with Gasteiger partial charge in [-0.05, 0) is 91.0 Å². The fourth-order valence-electron chi connectivity index (χ4n) is 9.33. The number of Topliss-reactive ketones (excluding diaryl/α,β-unsaturated/α-hetero) is 2. The molecule has 14 nitrogen and oxygen atoms in total. The number of hydrogen-bond donors (Lipinski definition) is 0. The number of fused-ring (bicyclic) bond motifs is 2. The van der Waals surface area contributed by atoms with Crippen molar-refractivity contribution in [3.63, 3.8) is 0 Å². The average Bonchev–Trinajstić information content (AvgIpc) is 3.29. The van der Waals surface area contributed by atoms with E-state index in [4.69, 9.17) is 23.9 Å². The number of benzene rings is 2. The molecule has 1 fully saturated rings. The molecule has 1 atom stereocenters. The van der Waals surface area contributed by atoms with E-state index in [2.05, 4.69) is 61.1 Å². The lowest BCUT2D eigenvalue weighted by Crippen LogP contribution is -2.52. The van der Waals surface area contributed by atoms with Crippen LogP contribution in [0.4, 0.5) is 0 Å². The Bertz CT molecular complexity index is 2730. The van der Waals surface area contributed by atoms with Gasteiger partial charge in [0.2, 0.25) is 11.1 Å². The van der Waals surface area contributed by atoms with E-state index in [0.717, 1.165) is 16.8 Å². The maximum Gasteiger partial charge on any atom is 0.320 e. The van der Waals surface area contributed by atoms with Crippen LogP contribution in [0.15, 0.2) is 88.1 Å². The molecule has 0 bridgehead atoms. The molecule has 1 unspecified atom stereocenters. The number of aromatic nitrogens is 2. The number of ketones is 2. The van der Waals surface area contributed by atoms with E-state index in [1.54, 1.807) is 6.07 Å². The van der Waals surface area contributed by atoms with E-state index < -0.39 is 11.6 Å². The first-order valence-corrected chi connectivity index (χ1v) is 26.4. The SMILES string of the molecule is CC(C)(C)CC(=O)CN1CCN(Cc2cccc(-c3ccc4c(=O)c5cc(C(C)(C)C)ccc5oc4n3)n2)CCN(CC(=O)OC(C)(C)C)CCN(C(CCC(=O)OCc2ccccc2)C(=O)CC(C)(C)C)CC1. The Labute approximate surface area is 439 Å². The molecule has 5 aromatic rings. The Morgan fingerprint density at radius 1 is 0.635 bits per heavy atom. The zero-order chi connectivity index (χ0) is 54.0. The van der Waals surface area contributed by atoms with Crippen molar-refractivity contribution in [1.82, 2.24) is 29.6 Å². The molecule has 0 amide bonds. The fourth-order valence-corrected chi connectivity index (χ4v) is 9.33. The van der Waals surface area contributed by atoms with Crippen LogP contribution in [0.25, 0.3) is 33.5 Å². The maximum absolute atomic E-state index is 14.5. The van der Waals surface area contributed by atoms with Gasteiger partial charge in [0.25, 0.3) is 0 Å². The van der Waals surface area contributed by atoms with Gasteiger partial charge >= 0.3 is 11.9 Å². The molecular weight excluding hydrogens is 933 g/mol. The molecule has 14 heteroatoms. The molecule has 0 radical (unpaired) electrons. The van der Waals surface area contributed by atoms with Crippen molar-refractivity contribution in [2.75, 3.05) is 65.4 Å². The van der Waals surface area contributed by atoms with Crippen LogP contribution in [0.3, 0.4) is 0 Å². The summed E-state index contributed by atoms with van der Waals surface area (Å²) < 4.78 is 17.8. The number of hydrogen-bond acceptors (Lipinski definition) is 14. The first-order valence-electron chi connectivity index (χ1n) is 26.4. The first-order chi connectivity index (χ1) is 34.7. The third kappa shape index (κ3) is 18.0. The number of esters is 2. The number of carbonyl (C=O) groups excluding carboxylic acids is 4. The standard InChI is InChI=1S/C60H82N6O8/c1-57(2,3)36-45(67)39-64-29-27-63(38-44-19-16-20-48(61-44)49-23-22-46-55(71)47-35-43(59(7,8)9)21-25-52(47)73-56(46)62-49)28-30-65(40-54(70)74-60(10,11)12)32-34-66(33-31-64)50(51(68)37-58(4,5)6)24-26-53(69)72-41-42-17-14-13-15-18-42/h13-23,25,35,50H,24,26-34,36-41H2,1-12H3. The summed E-state index contributed by atoms with van der Waals surface area (Å²) in [5, 5.41) is 0.924. The monoisotopic (exact) mass is 1010 g/mol. The van der Waals surface area contributed by atoms with Crippen molar-refractivity contribution in [1.29, 1.82) is 0 Å². The molecule has 6 rings (SSSR count). The van der Waals surface area contributed by atoms with E-state index >= 15 is 0 Å². The lowest BCUT2D eigenvalue weighted by atomic mass is 9.86. The summed E-state index contributed by atoms with van der Waals surface area (Å²) in [5.74, 6) is -0.530. The quantitative estimate of drug-likeness (QED) is 0.0680. The van der Waals surface area contributed by atoms with Gasteiger partial charge < -0.3 is 13.9 Å². The van der Waals surface area contributed by atoms with Gasteiger partial charge in [-0.3, -0.25) is 43.6 Å². The van der Waals surface area contributed by atoms with Crippen molar-refractivity contribution in [3.8, 4) is 11.4 Å². The average molecular weight is 1020 g/mol. The fraction of sp³-hybridized carbons (Fsp3) is 0.550. The predicted molar refractivity (Wildman–Crippen MR) is 293 cm³/mol. The highest BCUT2D eigenvalue weighted by Gasteiger charge is 2.32. The second-order valence-corrected chi connectivity index (χ2v) is 24.6. The van der Waals surface area contributed by atoms with Crippen molar-refractivity contribution in [2.24, 2.45) is 10.8 Å². The Hall–Kier alpha value is -5.67. The smallest absolute Gasteiger partial charge is 0.320 e. The highest BCUT2D eigenvalue weighted by Crippen LogP contribution is 2.28. The number of rotatable bonds is 16. The number of pyridine rings is 2. The van der Waals surface area contributed by atoms with Crippen LogP contribution >= 0.6 is 0 Å². The molecule has 0 saturated carbocycles. The summed E-state index contributed by atoms with van der Waals surface area (Å²) >= 11 is 0. The summed E-state index contributed by atoms with van der Waals surface area (Å²) in [7, 11) is 0. The summed E-state index contributed by atoms with van der Waals surface area (Å²) in [5.41, 5.74) is 3.23. The molecule has 1 saturated heterocycles. The molecule has 0 N–H and O–H groups in total. The summed E-state index contributed by atoms with van der Waals surface area (Å²) in [6.45, 7) is 29.2. The largest absolute Gasteiger partial charge is 0.461 e. The van der Waals surface area contributed by atoms with Gasteiger partial charge in [-0.2, -0.15) is 0 Å². The molecule has 0 aliphatic carbocycles. The normalized spacial score (nSPS) is 16.1. The van der Waals surface area contributed by atoms with Crippen LogP contribution in [-0.4, -0.2) is 130 Å². The number of carbonyl (C=O) groups is 4. The number of ether oxygens (including phenoxy) is 2.